The Labute approximate surface area is 163 Å². The van der Waals surface area contributed by atoms with Gasteiger partial charge in [0.05, 0.1) is 11.7 Å². The molecule has 0 amide bonds. The molecule has 29 heavy (non-hydrogen) atoms. The average Bonchev–Trinajstić information content (AvgIpc) is 3.12. The molecule has 3 heterocycles. The van der Waals surface area contributed by atoms with E-state index < -0.39 is 29.3 Å². The van der Waals surface area contributed by atoms with Crippen LogP contribution in [0.15, 0.2) is 12.1 Å². The van der Waals surface area contributed by atoms with E-state index in [0.717, 1.165) is 23.4 Å². The van der Waals surface area contributed by atoms with E-state index in [1.807, 2.05) is 4.90 Å². The molecule has 2 aliphatic heterocycles. The molecule has 2 N–H and O–H groups in total. The fourth-order valence-corrected chi connectivity index (χ4v) is 4.40. The first-order chi connectivity index (χ1) is 13.8. The van der Waals surface area contributed by atoms with Crippen molar-refractivity contribution < 1.29 is 26.7 Å². The summed E-state index contributed by atoms with van der Waals surface area (Å²) in [5, 5.41) is 10.2. The Hall–Kier alpha value is -2.33. The van der Waals surface area contributed by atoms with E-state index in [2.05, 4.69) is 15.5 Å². The van der Waals surface area contributed by atoms with Gasteiger partial charge in [0.15, 0.2) is 17.9 Å². The van der Waals surface area contributed by atoms with E-state index in [-0.39, 0.29) is 11.7 Å². The van der Waals surface area contributed by atoms with Gasteiger partial charge in [-0.05, 0) is 30.4 Å². The van der Waals surface area contributed by atoms with Gasteiger partial charge in [-0.1, -0.05) is 6.07 Å². The Balaban J connectivity index is 1.56. The molecule has 1 atom stereocenters. The zero-order valence-electron chi connectivity index (χ0n) is 15.3. The summed E-state index contributed by atoms with van der Waals surface area (Å²) in [5.41, 5.74) is 0.253. The Bertz CT molecular complexity index is 918. The molecule has 4 rings (SSSR count). The number of hydrogen-bond donors (Lipinski definition) is 2. The van der Waals surface area contributed by atoms with Crippen molar-refractivity contribution in [3.05, 3.63) is 51.8 Å². The first-order valence-corrected chi connectivity index (χ1v) is 9.36. The molecule has 0 bridgehead atoms. The number of hydrogen-bond acceptors (Lipinski definition) is 4. The number of carbonyl (C=O) groups excluding carboxylic acids is 1. The highest BCUT2D eigenvalue weighted by Crippen LogP contribution is 2.42. The van der Waals surface area contributed by atoms with Crippen LogP contribution in [0.1, 0.15) is 57.8 Å². The number of nitrogens with zero attached hydrogens (tertiary/aromatic N) is 2. The van der Waals surface area contributed by atoms with E-state index in [1.54, 1.807) is 0 Å². The molecule has 1 saturated heterocycles. The molecule has 5 nitrogen and oxygen atoms in total. The van der Waals surface area contributed by atoms with E-state index in [4.69, 9.17) is 0 Å². The monoisotopic (exact) mass is 414 g/mol. The van der Waals surface area contributed by atoms with Crippen molar-refractivity contribution in [1.29, 1.82) is 0 Å². The van der Waals surface area contributed by atoms with E-state index in [1.165, 1.54) is 0 Å². The Morgan fingerprint density at radius 3 is 2.55 bits per heavy atom. The van der Waals surface area contributed by atoms with E-state index in [9.17, 15) is 26.7 Å². The van der Waals surface area contributed by atoms with Crippen molar-refractivity contribution in [3.8, 4) is 0 Å². The number of nitrogens with one attached hydrogen (secondary N) is 2. The number of alkyl halides is 3. The first-order valence-electron chi connectivity index (χ1n) is 9.36. The summed E-state index contributed by atoms with van der Waals surface area (Å²) in [6.07, 6.45) is -3.13. The summed E-state index contributed by atoms with van der Waals surface area (Å²) in [5.74, 6) is -3.88. The molecule has 10 heteroatoms. The third-order valence-corrected chi connectivity index (χ3v) is 5.76. The number of halogens is 5. The number of aldehydes is 1. The quantitative estimate of drug-likeness (QED) is 0.596. The molecule has 0 saturated carbocycles. The molecule has 1 unspecified atom stereocenters. The van der Waals surface area contributed by atoms with E-state index >= 15 is 0 Å². The van der Waals surface area contributed by atoms with E-state index in [0.29, 0.717) is 50.9 Å². The fraction of sp³-hybridized carbons (Fsp3) is 0.474. The molecule has 1 aromatic heterocycles. The molecular formula is C19H19F5N4O. The largest absolute Gasteiger partial charge is 0.419 e. The second-order valence-corrected chi connectivity index (χ2v) is 7.36. The minimum absolute atomic E-state index is 0.203. The minimum Gasteiger partial charge on any atom is -0.297 e. The van der Waals surface area contributed by atoms with Gasteiger partial charge in [0, 0.05) is 37.3 Å². The van der Waals surface area contributed by atoms with Crippen LogP contribution >= 0.6 is 0 Å². The molecule has 156 valence electrons. The minimum atomic E-state index is -4.96. The Morgan fingerprint density at radius 2 is 1.90 bits per heavy atom. The van der Waals surface area contributed by atoms with Crippen molar-refractivity contribution >= 4 is 6.29 Å². The lowest BCUT2D eigenvalue weighted by Gasteiger charge is -2.40. The number of carbonyl (C=O) groups is 1. The number of aromatic amines is 1. The number of piperidine rings is 1. The topological polar surface area (TPSA) is 61.0 Å². The van der Waals surface area contributed by atoms with Gasteiger partial charge in [-0.3, -0.25) is 20.1 Å². The third kappa shape index (κ3) is 3.55. The number of aromatic nitrogens is 2. The van der Waals surface area contributed by atoms with Crippen LogP contribution in [0.25, 0.3) is 0 Å². The van der Waals surface area contributed by atoms with Crippen molar-refractivity contribution in [2.75, 3.05) is 19.6 Å². The molecule has 1 fully saturated rings. The highest BCUT2D eigenvalue weighted by atomic mass is 19.4. The molecule has 0 aliphatic carbocycles. The van der Waals surface area contributed by atoms with Gasteiger partial charge in [-0.15, -0.1) is 0 Å². The van der Waals surface area contributed by atoms with Crippen molar-refractivity contribution in [2.45, 2.75) is 37.5 Å². The second-order valence-electron chi connectivity index (χ2n) is 7.36. The van der Waals surface area contributed by atoms with Crippen LogP contribution < -0.4 is 5.32 Å². The first kappa shape index (κ1) is 20.0. The number of fused-ring (bicyclic) bond motifs is 1. The Kier molecular flexibility index (Phi) is 5.16. The summed E-state index contributed by atoms with van der Waals surface area (Å²) in [4.78, 5) is 13.3. The highest BCUT2D eigenvalue weighted by molar-refractivity contribution is 5.75. The van der Waals surface area contributed by atoms with Gasteiger partial charge in [-0.25, -0.2) is 8.78 Å². The molecule has 2 aromatic rings. The smallest absolute Gasteiger partial charge is 0.297 e. The lowest BCUT2D eigenvalue weighted by molar-refractivity contribution is -0.141. The highest BCUT2D eigenvalue weighted by Gasteiger charge is 2.41. The number of rotatable bonds is 3. The number of likely N-dealkylation sites (tertiary alicyclic amines) is 1. The van der Waals surface area contributed by atoms with Crippen LogP contribution in [-0.2, 0) is 12.6 Å². The summed E-state index contributed by atoms with van der Waals surface area (Å²) in [6, 6.07) is 1.79. The predicted octanol–water partition coefficient (Wildman–Crippen LogP) is 3.54. The standard InChI is InChI=1S/C19H19F5N4O/c20-12-2-1-11(16(17(12)21)19(22,23)24)10-4-7-28(8-5-10)18-15-13(3-6-25-18)26-27-14(15)9-29/h1-2,9-10,18,25H,3-8H2,(H,26,27). The lowest BCUT2D eigenvalue weighted by atomic mass is 9.85. The Morgan fingerprint density at radius 1 is 1.17 bits per heavy atom. The van der Waals surface area contributed by atoms with Gasteiger partial charge in [-0.2, -0.15) is 18.3 Å². The van der Waals surface area contributed by atoms with Crippen molar-refractivity contribution in [2.24, 2.45) is 0 Å². The van der Waals surface area contributed by atoms with Gasteiger partial charge < -0.3 is 0 Å². The average molecular weight is 414 g/mol. The number of benzene rings is 1. The van der Waals surface area contributed by atoms with Gasteiger partial charge in [0.1, 0.15) is 5.69 Å². The van der Waals surface area contributed by atoms with Crippen LogP contribution in [-0.4, -0.2) is 41.0 Å². The SMILES string of the molecule is O=Cc1n[nH]c2c1C(N1CCC(c3ccc(F)c(F)c3C(F)(F)F)CC1)NCC2. The zero-order chi connectivity index (χ0) is 20.8. The maximum Gasteiger partial charge on any atom is 0.419 e. The molecule has 0 spiro atoms. The summed E-state index contributed by atoms with van der Waals surface area (Å²) in [6.45, 7) is 1.57. The van der Waals surface area contributed by atoms with Crippen LogP contribution in [0.2, 0.25) is 0 Å². The maximum atomic E-state index is 13.9. The molecule has 2 aliphatic rings. The zero-order valence-corrected chi connectivity index (χ0v) is 15.3. The van der Waals surface area contributed by atoms with Crippen molar-refractivity contribution in [3.63, 3.8) is 0 Å². The normalized spacial score (nSPS) is 21.2. The van der Waals surface area contributed by atoms with Gasteiger partial charge >= 0.3 is 6.18 Å². The molecule has 0 radical (unpaired) electrons. The van der Waals surface area contributed by atoms with Crippen molar-refractivity contribution in [1.82, 2.24) is 20.4 Å². The lowest BCUT2D eigenvalue weighted by Crippen LogP contribution is -2.46. The van der Waals surface area contributed by atoms with Gasteiger partial charge in [0.2, 0.25) is 0 Å². The molecule has 1 aromatic carbocycles. The van der Waals surface area contributed by atoms with Crippen LogP contribution in [0.3, 0.4) is 0 Å². The summed E-state index contributed by atoms with van der Waals surface area (Å²) >= 11 is 0. The summed E-state index contributed by atoms with van der Waals surface area (Å²) < 4.78 is 67.4. The predicted molar refractivity (Wildman–Crippen MR) is 93.3 cm³/mol. The van der Waals surface area contributed by atoms with Crippen LogP contribution in [0.4, 0.5) is 22.0 Å². The number of H-pyrrole nitrogens is 1. The maximum absolute atomic E-state index is 13.9. The third-order valence-electron chi connectivity index (χ3n) is 5.76. The summed E-state index contributed by atoms with van der Waals surface area (Å²) in [7, 11) is 0. The fourth-order valence-electron chi connectivity index (χ4n) is 4.40. The van der Waals surface area contributed by atoms with Gasteiger partial charge in [0.25, 0.3) is 0 Å². The molecular weight excluding hydrogens is 395 g/mol. The van der Waals surface area contributed by atoms with Crippen LogP contribution in [0.5, 0.6) is 0 Å². The second kappa shape index (κ2) is 7.49. The van der Waals surface area contributed by atoms with Crippen LogP contribution in [0, 0.1) is 11.6 Å².